The minimum atomic E-state index is -0.442. The van der Waals surface area contributed by atoms with Crippen molar-refractivity contribution in [1.82, 2.24) is 0 Å². The van der Waals surface area contributed by atoms with Crippen molar-refractivity contribution in [2.75, 3.05) is 10.6 Å². The third-order valence-electron chi connectivity index (χ3n) is 3.34. The van der Waals surface area contributed by atoms with Gasteiger partial charge in [-0.3, -0.25) is 4.79 Å². The lowest BCUT2D eigenvalue weighted by molar-refractivity contribution is -0.112. The van der Waals surface area contributed by atoms with Gasteiger partial charge in [0.1, 0.15) is 11.6 Å². The third kappa shape index (κ3) is 4.82. The molecule has 0 radical (unpaired) electrons. The van der Waals surface area contributed by atoms with Gasteiger partial charge in [0.25, 0.3) is 5.91 Å². The van der Waals surface area contributed by atoms with Crippen molar-refractivity contribution in [2.24, 2.45) is 0 Å². The number of nitrogens with one attached hydrogen (secondary N) is 2. The molecule has 0 aliphatic rings. The van der Waals surface area contributed by atoms with E-state index in [0.29, 0.717) is 5.69 Å². The highest BCUT2D eigenvalue weighted by Gasteiger charge is 2.11. The number of benzene rings is 2. The van der Waals surface area contributed by atoms with E-state index >= 15 is 0 Å². The van der Waals surface area contributed by atoms with E-state index in [1.54, 1.807) is 0 Å². The van der Waals surface area contributed by atoms with Gasteiger partial charge in [-0.25, -0.2) is 0 Å². The summed E-state index contributed by atoms with van der Waals surface area (Å²) in [6.45, 7) is 3.88. The third-order valence-corrected chi connectivity index (χ3v) is 4.90. The van der Waals surface area contributed by atoms with Crippen LogP contribution in [0.3, 0.4) is 0 Å². The zero-order valence-electron chi connectivity index (χ0n) is 13.2. The number of rotatable bonds is 4. The topological polar surface area (TPSA) is 64.9 Å². The van der Waals surface area contributed by atoms with Crippen LogP contribution in [0.15, 0.2) is 52.6 Å². The summed E-state index contributed by atoms with van der Waals surface area (Å²) in [6.07, 6.45) is 1.42. The maximum Gasteiger partial charge on any atom is 0.267 e. The monoisotopic (exact) mass is 495 g/mol. The second kappa shape index (κ2) is 8.31. The van der Waals surface area contributed by atoms with Crippen LogP contribution in [0.1, 0.15) is 11.1 Å². The van der Waals surface area contributed by atoms with Crippen molar-refractivity contribution in [3.8, 4) is 6.07 Å². The number of carbonyl (C=O) groups is 1. The number of hydrogen-bond acceptors (Lipinski definition) is 3. The number of nitriles is 1. The fraction of sp³-hybridized carbons (Fsp3) is 0.111. The molecule has 0 bridgehead atoms. The van der Waals surface area contributed by atoms with E-state index in [-0.39, 0.29) is 5.57 Å². The Morgan fingerprint density at radius 1 is 1.21 bits per heavy atom. The van der Waals surface area contributed by atoms with E-state index in [9.17, 15) is 10.1 Å². The summed E-state index contributed by atoms with van der Waals surface area (Å²) in [6, 6.07) is 13.3. The number of anilines is 2. The SMILES string of the molecule is Cc1cc(N/C=C(/C#N)C(=O)Nc2ccc(I)cc2C)ccc1Br. The van der Waals surface area contributed by atoms with Crippen LogP contribution in [0.25, 0.3) is 0 Å². The summed E-state index contributed by atoms with van der Waals surface area (Å²) in [5.41, 5.74) is 3.52. The van der Waals surface area contributed by atoms with Crippen LogP contribution < -0.4 is 10.6 Å². The Labute approximate surface area is 163 Å². The van der Waals surface area contributed by atoms with E-state index in [1.807, 2.05) is 56.3 Å². The van der Waals surface area contributed by atoms with Gasteiger partial charge in [0, 0.05) is 25.6 Å². The predicted octanol–water partition coefficient (Wildman–Crippen LogP) is 5.13. The molecule has 4 nitrogen and oxygen atoms in total. The van der Waals surface area contributed by atoms with Gasteiger partial charge in [-0.1, -0.05) is 15.9 Å². The molecule has 2 aromatic rings. The highest BCUT2D eigenvalue weighted by molar-refractivity contribution is 14.1. The molecule has 0 spiro atoms. The molecule has 2 rings (SSSR count). The second-order valence-electron chi connectivity index (χ2n) is 5.19. The Morgan fingerprint density at radius 2 is 1.96 bits per heavy atom. The van der Waals surface area contributed by atoms with Crippen LogP contribution in [-0.2, 0) is 4.79 Å². The second-order valence-corrected chi connectivity index (χ2v) is 7.29. The summed E-state index contributed by atoms with van der Waals surface area (Å²) in [5, 5.41) is 15.0. The quantitative estimate of drug-likeness (QED) is 0.351. The lowest BCUT2D eigenvalue weighted by Crippen LogP contribution is -2.15. The average Bonchev–Trinajstić information content (AvgIpc) is 2.54. The van der Waals surface area contributed by atoms with Gasteiger partial charge in [0.05, 0.1) is 0 Å². The Bertz CT molecular complexity index is 856. The van der Waals surface area contributed by atoms with E-state index in [2.05, 4.69) is 49.2 Å². The van der Waals surface area contributed by atoms with Crippen molar-refractivity contribution < 1.29 is 4.79 Å². The van der Waals surface area contributed by atoms with Crippen molar-refractivity contribution in [2.45, 2.75) is 13.8 Å². The molecule has 0 saturated heterocycles. The maximum atomic E-state index is 12.3. The van der Waals surface area contributed by atoms with Crippen molar-refractivity contribution in [3.63, 3.8) is 0 Å². The number of hydrogen-bond donors (Lipinski definition) is 2. The maximum absolute atomic E-state index is 12.3. The summed E-state index contributed by atoms with van der Waals surface area (Å²) >= 11 is 5.65. The average molecular weight is 496 g/mol. The van der Waals surface area contributed by atoms with E-state index in [0.717, 1.165) is 24.9 Å². The fourth-order valence-electron chi connectivity index (χ4n) is 2.00. The van der Waals surface area contributed by atoms with Gasteiger partial charge in [0.15, 0.2) is 0 Å². The molecule has 0 saturated carbocycles. The van der Waals surface area contributed by atoms with Gasteiger partial charge >= 0.3 is 0 Å². The first kappa shape index (κ1) is 18.5. The van der Waals surface area contributed by atoms with Crippen LogP contribution in [0.5, 0.6) is 0 Å². The Hall–Kier alpha value is -1.85. The molecule has 0 aliphatic heterocycles. The summed E-state index contributed by atoms with van der Waals surface area (Å²) in [5.74, 6) is -0.442. The first-order valence-electron chi connectivity index (χ1n) is 7.11. The zero-order chi connectivity index (χ0) is 17.7. The summed E-state index contributed by atoms with van der Waals surface area (Å²) in [7, 11) is 0. The predicted molar refractivity (Wildman–Crippen MR) is 109 cm³/mol. The van der Waals surface area contributed by atoms with Crippen LogP contribution in [0.4, 0.5) is 11.4 Å². The normalized spacial score (nSPS) is 10.9. The molecule has 6 heteroatoms. The number of halogens is 2. The first-order valence-corrected chi connectivity index (χ1v) is 8.98. The molecule has 1 amide bonds. The van der Waals surface area contributed by atoms with Gasteiger partial charge in [-0.15, -0.1) is 0 Å². The fourth-order valence-corrected chi connectivity index (χ4v) is 2.89. The molecular weight excluding hydrogens is 481 g/mol. The van der Waals surface area contributed by atoms with Crippen molar-refractivity contribution in [3.05, 3.63) is 67.3 Å². The molecule has 122 valence electrons. The Balaban J connectivity index is 2.13. The molecule has 0 atom stereocenters. The minimum absolute atomic E-state index is 0.00789. The van der Waals surface area contributed by atoms with Crippen molar-refractivity contribution >= 4 is 55.8 Å². The smallest absolute Gasteiger partial charge is 0.267 e. The highest BCUT2D eigenvalue weighted by atomic mass is 127. The molecule has 0 aliphatic carbocycles. The first-order chi connectivity index (χ1) is 11.4. The van der Waals surface area contributed by atoms with E-state index < -0.39 is 5.91 Å². The van der Waals surface area contributed by atoms with Gasteiger partial charge in [-0.05, 0) is 84.0 Å². The Kier molecular flexibility index (Phi) is 6.40. The van der Waals surface area contributed by atoms with Gasteiger partial charge in [-0.2, -0.15) is 5.26 Å². The molecule has 24 heavy (non-hydrogen) atoms. The summed E-state index contributed by atoms with van der Waals surface area (Å²) < 4.78 is 2.09. The molecule has 2 aromatic carbocycles. The number of nitrogens with zero attached hydrogens (tertiary/aromatic N) is 1. The van der Waals surface area contributed by atoms with Crippen molar-refractivity contribution in [1.29, 1.82) is 5.26 Å². The van der Waals surface area contributed by atoms with Crippen LogP contribution in [-0.4, -0.2) is 5.91 Å². The number of amides is 1. The largest absolute Gasteiger partial charge is 0.360 e. The van der Waals surface area contributed by atoms with Crippen LogP contribution in [0, 0.1) is 28.7 Å². The molecule has 0 heterocycles. The Morgan fingerprint density at radius 3 is 2.58 bits per heavy atom. The van der Waals surface area contributed by atoms with Gasteiger partial charge < -0.3 is 10.6 Å². The minimum Gasteiger partial charge on any atom is -0.360 e. The molecule has 0 unspecified atom stereocenters. The number of carbonyl (C=O) groups excluding carboxylic acids is 1. The van der Waals surface area contributed by atoms with Crippen LogP contribution in [0.2, 0.25) is 0 Å². The molecule has 0 aromatic heterocycles. The summed E-state index contributed by atoms with van der Waals surface area (Å²) in [4.78, 5) is 12.3. The number of aryl methyl sites for hydroxylation is 2. The van der Waals surface area contributed by atoms with E-state index in [1.165, 1.54) is 6.20 Å². The molecular formula is C18H15BrIN3O. The standard InChI is InChI=1S/C18H15BrIN3O/c1-11-8-15(4-5-16(11)19)22-10-13(9-21)18(24)23-17-6-3-14(20)7-12(17)2/h3-8,10,22H,1-2H3,(H,23,24)/b13-10-. The molecule has 2 N–H and O–H groups in total. The highest BCUT2D eigenvalue weighted by Crippen LogP contribution is 2.21. The lowest BCUT2D eigenvalue weighted by atomic mass is 10.2. The van der Waals surface area contributed by atoms with Gasteiger partial charge in [0.2, 0.25) is 0 Å². The lowest BCUT2D eigenvalue weighted by Gasteiger charge is -2.09. The van der Waals surface area contributed by atoms with Crippen LogP contribution >= 0.6 is 38.5 Å². The zero-order valence-corrected chi connectivity index (χ0v) is 16.9. The molecule has 0 fully saturated rings. The van der Waals surface area contributed by atoms with E-state index in [4.69, 9.17) is 0 Å².